The van der Waals surface area contributed by atoms with Crippen LogP contribution in [0, 0.1) is 17.2 Å². The Bertz CT molecular complexity index is 1260. The van der Waals surface area contributed by atoms with Gasteiger partial charge in [0.15, 0.2) is 11.0 Å². The number of rotatable bonds is 10. The number of carbonyl (C=O) groups is 1. The summed E-state index contributed by atoms with van der Waals surface area (Å²) >= 11 is 2.86. The van der Waals surface area contributed by atoms with Gasteiger partial charge in [0.25, 0.3) is 0 Å². The van der Waals surface area contributed by atoms with Gasteiger partial charge < -0.3 is 10.1 Å². The molecule has 4 rings (SSSR count). The molecule has 2 heterocycles. The van der Waals surface area contributed by atoms with E-state index < -0.39 is 0 Å². The maximum absolute atomic E-state index is 12.8. The van der Waals surface area contributed by atoms with Crippen LogP contribution < -0.4 is 10.1 Å². The van der Waals surface area contributed by atoms with Gasteiger partial charge in [-0.25, -0.2) is 0 Å². The van der Waals surface area contributed by atoms with E-state index in [0.29, 0.717) is 40.6 Å². The number of ether oxygens (including phenoxy) is 1. The minimum Gasteiger partial charge on any atom is -0.493 e. The molecule has 182 valence electrons. The summed E-state index contributed by atoms with van der Waals surface area (Å²) in [6, 6.07) is 10.0. The normalized spacial score (nSPS) is 14.7. The average Bonchev–Trinajstić information content (AvgIpc) is 3.43. The number of nitrogens with one attached hydrogen (secondary N) is 1. The smallest absolute Gasteiger partial charge is 0.235 e. The zero-order valence-electron chi connectivity index (χ0n) is 20.0. The lowest BCUT2D eigenvalue weighted by molar-refractivity contribution is -0.113. The van der Waals surface area contributed by atoms with Gasteiger partial charge in [0.05, 0.1) is 23.5 Å². The van der Waals surface area contributed by atoms with Gasteiger partial charge in [-0.05, 0) is 49.8 Å². The van der Waals surface area contributed by atoms with E-state index in [-0.39, 0.29) is 11.7 Å². The number of fused-ring (bicyclic) bond motifs is 1. The van der Waals surface area contributed by atoms with E-state index in [4.69, 9.17) is 4.74 Å². The molecule has 3 aromatic rings. The molecule has 0 radical (unpaired) electrons. The molecule has 1 aliphatic carbocycles. The standard InChI is InChI=1S/C26H29N5O2S2/c1-4-13-31-24(19-9-7-8-10-21(19)33-6-3)29-30-26(31)34-16-23(32)28-25-20(15-27)18-12-11-17(5-2)14-22(18)35-25/h4,7-10,17H,1,5-6,11-14,16H2,2-3H3,(H,28,32). The Labute approximate surface area is 214 Å². The summed E-state index contributed by atoms with van der Waals surface area (Å²) < 4.78 is 7.69. The number of hydrogen-bond donors (Lipinski definition) is 1. The zero-order chi connectivity index (χ0) is 24.8. The number of nitrogens with zero attached hydrogens (tertiary/aromatic N) is 4. The number of benzene rings is 1. The third kappa shape index (κ3) is 5.44. The second kappa shape index (κ2) is 11.6. The average molecular weight is 508 g/mol. The topological polar surface area (TPSA) is 92.8 Å². The molecule has 1 aromatic carbocycles. The van der Waals surface area contributed by atoms with Crippen LogP contribution in [0.1, 0.15) is 42.7 Å². The van der Waals surface area contributed by atoms with Crippen molar-refractivity contribution in [2.24, 2.45) is 5.92 Å². The highest BCUT2D eigenvalue weighted by Gasteiger charge is 2.26. The minimum absolute atomic E-state index is 0.160. The molecule has 2 aromatic heterocycles. The van der Waals surface area contributed by atoms with Crippen molar-refractivity contribution < 1.29 is 9.53 Å². The number of nitriles is 1. The summed E-state index contributed by atoms with van der Waals surface area (Å²) in [5, 5.41) is 22.7. The van der Waals surface area contributed by atoms with Crippen molar-refractivity contribution >= 4 is 34.0 Å². The maximum Gasteiger partial charge on any atom is 0.235 e. The molecule has 1 unspecified atom stereocenters. The lowest BCUT2D eigenvalue weighted by atomic mass is 9.86. The number of aromatic nitrogens is 3. The van der Waals surface area contributed by atoms with Gasteiger partial charge in [-0.15, -0.1) is 28.1 Å². The van der Waals surface area contributed by atoms with Crippen molar-refractivity contribution in [2.75, 3.05) is 17.7 Å². The highest BCUT2D eigenvalue weighted by molar-refractivity contribution is 7.99. The van der Waals surface area contributed by atoms with Crippen molar-refractivity contribution in [3.05, 3.63) is 52.9 Å². The molecule has 1 amide bonds. The Morgan fingerprint density at radius 2 is 2.23 bits per heavy atom. The Morgan fingerprint density at radius 1 is 1.40 bits per heavy atom. The van der Waals surface area contributed by atoms with Gasteiger partial charge in [0.1, 0.15) is 16.8 Å². The largest absolute Gasteiger partial charge is 0.493 e. The van der Waals surface area contributed by atoms with Gasteiger partial charge in [0.2, 0.25) is 5.91 Å². The highest BCUT2D eigenvalue weighted by atomic mass is 32.2. The molecular weight excluding hydrogens is 478 g/mol. The maximum atomic E-state index is 12.8. The van der Waals surface area contributed by atoms with Crippen molar-refractivity contribution in [3.63, 3.8) is 0 Å². The van der Waals surface area contributed by atoms with Crippen LogP contribution in [-0.4, -0.2) is 33.0 Å². The zero-order valence-corrected chi connectivity index (χ0v) is 21.7. The van der Waals surface area contributed by atoms with Gasteiger partial charge in [0, 0.05) is 11.4 Å². The molecule has 7 nitrogen and oxygen atoms in total. The van der Waals surface area contributed by atoms with Gasteiger partial charge in [-0.3, -0.25) is 9.36 Å². The van der Waals surface area contributed by atoms with Gasteiger partial charge in [-0.2, -0.15) is 5.26 Å². The molecule has 0 spiro atoms. The van der Waals surface area contributed by atoms with Gasteiger partial charge in [-0.1, -0.05) is 43.3 Å². The minimum atomic E-state index is -0.165. The fourth-order valence-corrected chi connectivity index (χ4v) is 6.40. The van der Waals surface area contributed by atoms with Crippen LogP contribution in [0.25, 0.3) is 11.4 Å². The first-order valence-electron chi connectivity index (χ1n) is 11.8. The summed E-state index contributed by atoms with van der Waals surface area (Å²) in [5.41, 5.74) is 2.59. The lowest BCUT2D eigenvalue weighted by Gasteiger charge is -2.20. The first-order valence-corrected chi connectivity index (χ1v) is 13.6. The van der Waals surface area contributed by atoms with Gasteiger partial charge >= 0.3 is 0 Å². The summed E-state index contributed by atoms with van der Waals surface area (Å²) in [4.78, 5) is 14.1. The number of hydrogen-bond acceptors (Lipinski definition) is 7. The van der Waals surface area contributed by atoms with Crippen LogP contribution in [0.15, 0.2) is 42.1 Å². The molecule has 0 fully saturated rings. The SMILES string of the molecule is C=CCn1c(SCC(=O)Nc2sc3c(c2C#N)CCC(CC)C3)nnc1-c1ccccc1OCC. The lowest BCUT2D eigenvalue weighted by Crippen LogP contribution is -2.15. The highest BCUT2D eigenvalue weighted by Crippen LogP contribution is 2.40. The van der Waals surface area contributed by atoms with Crippen molar-refractivity contribution in [1.82, 2.24) is 14.8 Å². The molecule has 1 atom stereocenters. The second-order valence-electron chi connectivity index (χ2n) is 8.31. The summed E-state index contributed by atoms with van der Waals surface area (Å²) in [7, 11) is 0. The third-order valence-corrected chi connectivity index (χ3v) is 8.23. The molecule has 1 aliphatic rings. The van der Waals surface area contributed by atoms with Crippen LogP contribution >= 0.6 is 23.1 Å². The molecule has 1 N–H and O–H groups in total. The van der Waals surface area contributed by atoms with Crippen LogP contribution in [0.5, 0.6) is 5.75 Å². The van der Waals surface area contributed by atoms with Crippen LogP contribution in [0.3, 0.4) is 0 Å². The third-order valence-electron chi connectivity index (χ3n) is 6.10. The first kappa shape index (κ1) is 25.0. The Morgan fingerprint density at radius 3 is 2.97 bits per heavy atom. The van der Waals surface area contributed by atoms with Crippen molar-refractivity contribution in [2.45, 2.75) is 51.2 Å². The molecule has 0 saturated heterocycles. The molecule has 0 saturated carbocycles. The molecule has 9 heteroatoms. The van der Waals surface area contributed by atoms with Crippen LogP contribution in [0.2, 0.25) is 0 Å². The molecule has 0 aliphatic heterocycles. The fraction of sp³-hybridized carbons (Fsp3) is 0.385. The summed E-state index contributed by atoms with van der Waals surface area (Å²) in [6.07, 6.45) is 5.92. The fourth-order valence-electron chi connectivity index (χ4n) is 4.32. The Balaban J connectivity index is 1.49. The van der Waals surface area contributed by atoms with E-state index in [1.807, 2.05) is 35.8 Å². The number of thioether (sulfide) groups is 1. The number of amides is 1. The molecule has 0 bridgehead atoms. The Kier molecular flexibility index (Phi) is 8.26. The Hall–Kier alpha value is -3.09. The van der Waals surface area contributed by atoms with Crippen molar-refractivity contribution in [1.29, 1.82) is 5.26 Å². The first-order chi connectivity index (χ1) is 17.1. The van der Waals surface area contributed by atoms with E-state index in [1.165, 1.54) is 16.6 Å². The van der Waals surface area contributed by atoms with Crippen LogP contribution in [-0.2, 0) is 24.2 Å². The summed E-state index contributed by atoms with van der Waals surface area (Å²) in [5.74, 6) is 2.05. The summed E-state index contributed by atoms with van der Waals surface area (Å²) in [6.45, 7) is 9.05. The van der Waals surface area contributed by atoms with E-state index in [0.717, 1.165) is 42.6 Å². The quantitative estimate of drug-likeness (QED) is 0.279. The van der Waals surface area contributed by atoms with E-state index in [9.17, 15) is 10.1 Å². The van der Waals surface area contributed by atoms with E-state index in [2.05, 4.69) is 35.1 Å². The molecule has 35 heavy (non-hydrogen) atoms. The second-order valence-corrected chi connectivity index (χ2v) is 10.4. The number of thiophene rings is 1. The van der Waals surface area contributed by atoms with Crippen molar-refractivity contribution in [3.8, 4) is 23.2 Å². The number of anilines is 1. The van der Waals surface area contributed by atoms with E-state index >= 15 is 0 Å². The predicted molar refractivity (Wildman–Crippen MR) is 141 cm³/mol. The number of para-hydroxylation sites is 1. The van der Waals surface area contributed by atoms with E-state index in [1.54, 1.807) is 17.4 Å². The monoisotopic (exact) mass is 507 g/mol. The molecular formula is C26H29N5O2S2. The number of allylic oxidation sites excluding steroid dienone is 1. The predicted octanol–water partition coefficient (Wildman–Crippen LogP) is 5.71. The number of carbonyl (C=O) groups excluding carboxylic acids is 1. The van der Waals surface area contributed by atoms with Crippen LogP contribution in [0.4, 0.5) is 5.00 Å².